The first-order valence-corrected chi connectivity index (χ1v) is 10.7. The third-order valence-corrected chi connectivity index (χ3v) is 4.98. The zero-order valence-electron chi connectivity index (χ0n) is 19.1. The molecule has 1 amide bonds. The van der Waals surface area contributed by atoms with Gasteiger partial charge >= 0.3 is 6.09 Å². The molecule has 0 saturated heterocycles. The van der Waals surface area contributed by atoms with Crippen molar-refractivity contribution in [2.45, 2.75) is 33.3 Å². The largest absolute Gasteiger partial charge is 0.457 e. The van der Waals surface area contributed by atoms with Crippen molar-refractivity contribution in [1.82, 2.24) is 4.57 Å². The van der Waals surface area contributed by atoms with Gasteiger partial charge in [-0.15, -0.1) is 0 Å². The fourth-order valence-corrected chi connectivity index (χ4v) is 3.37. The second-order valence-electron chi connectivity index (χ2n) is 8.79. The Balaban J connectivity index is 1.53. The van der Waals surface area contributed by atoms with E-state index in [1.807, 2.05) is 76.2 Å². The highest BCUT2D eigenvalue weighted by Crippen LogP contribution is 2.30. The Morgan fingerprint density at radius 2 is 1.58 bits per heavy atom. The molecule has 0 unspecified atom stereocenters. The highest BCUT2D eigenvalue weighted by Gasteiger charge is 2.19. The van der Waals surface area contributed by atoms with Crippen LogP contribution in [0.25, 0.3) is 10.9 Å². The minimum Gasteiger partial charge on any atom is -0.457 e. The number of hydrogen-bond donors (Lipinski definition) is 1. The van der Waals surface area contributed by atoms with Crippen molar-refractivity contribution in [1.29, 1.82) is 0 Å². The van der Waals surface area contributed by atoms with Gasteiger partial charge in [-0.05, 0) is 75.7 Å². The summed E-state index contributed by atoms with van der Waals surface area (Å²) in [5.74, 6) is 1.03. The van der Waals surface area contributed by atoms with Gasteiger partial charge in [-0.2, -0.15) is 0 Å². The standard InChI is InChI=1S/C27H26N2O4/c1-18-10-11-22(17-23(18)28-25(30)19-8-6-5-7-9-19)32-21-12-13-24-20(16-21)14-15-29(24)26(31)33-27(2,3)4/h5-17H,1-4H3,(H,28,30). The molecule has 1 aromatic heterocycles. The number of rotatable bonds is 4. The number of aryl methyl sites for hydroxylation is 1. The summed E-state index contributed by atoms with van der Waals surface area (Å²) in [5, 5.41) is 3.79. The quantitative estimate of drug-likeness (QED) is 0.378. The molecule has 0 fully saturated rings. The van der Waals surface area contributed by atoms with E-state index in [1.165, 1.54) is 4.57 Å². The van der Waals surface area contributed by atoms with E-state index in [0.717, 1.165) is 16.5 Å². The van der Waals surface area contributed by atoms with Crippen LogP contribution in [0.2, 0.25) is 0 Å². The van der Waals surface area contributed by atoms with Crippen molar-refractivity contribution in [3.63, 3.8) is 0 Å². The highest BCUT2D eigenvalue weighted by atomic mass is 16.6. The number of hydrogen-bond acceptors (Lipinski definition) is 4. The molecular weight excluding hydrogens is 416 g/mol. The van der Waals surface area contributed by atoms with Crippen molar-refractivity contribution in [2.75, 3.05) is 5.32 Å². The number of carbonyl (C=O) groups excluding carboxylic acids is 2. The van der Waals surface area contributed by atoms with E-state index in [1.54, 1.807) is 30.5 Å². The van der Waals surface area contributed by atoms with Crippen LogP contribution in [-0.2, 0) is 4.74 Å². The number of carbonyl (C=O) groups is 2. The van der Waals surface area contributed by atoms with Gasteiger partial charge in [0.15, 0.2) is 0 Å². The molecule has 0 aliphatic carbocycles. The number of aromatic nitrogens is 1. The van der Waals surface area contributed by atoms with Crippen LogP contribution in [-0.4, -0.2) is 22.2 Å². The van der Waals surface area contributed by atoms with E-state index < -0.39 is 11.7 Å². The van der Waals surface area contributed by atoms with Crippen molar-refractivity contribution in [2.24, 2.45) is 0 Å². The van der Waals surface area contributed by atoms with Gasteiger partial charge in [0, 0.05) is 28.9 Å². The second-order valence-corrected chi connectivity index (χ2v) is 8.79. The van der Waals surface area contributed by atoms with Gasteiger partial charge in [-0.3, -0.25) is 9.36 Å². The van der Waals surface area contributed by atoms with Gasteiger partial charge < -0.3 is 14.8 Å². The fourth-order valence-electron chi connectivity index (χ4n) is 3.37. The number of amides is 1. The van der Waals surface area contributed by atoms with E-state index in [-0.39, 0.29) is 5.91 Å². The van der Waals surface area contributed by atoms with Crippen LogP contribution in [0, 0.1) is 6.92 Å². The SMILES string of the molecule is Cc1ccc(Oc2ccc3c(ccn3C(=O)OC(C)(C)C)c2)cc1NC(=O)c1ccccc1. The molecule has 3 aromatic carbocycles. The Hall–Kier alpha value is -4.06. The molecular formula is C27H26N2O4. The lowest BCUT2D eigenvalue weighted by molar-refractivity contribution is 0.0544. The second kappa shape index (κ2) is 8.82. The lowest BCUT2D eigenvalue weighted by Gasteiger charge is -2.19. The molecule has 0 bridgehead atoms. The molecule has 0 aliphatic rings. The number of benzene rings is 3. The number of ether oxygens (including phenoxy) is 2. The van der Waals surface area contributed by atoms with Crippen molar-refractivity contribution < 1.29 is 19.1 Å². The third kappa shape index (κ3) is 5.23. The topological polar surface area (TPSA) is 69.6 Å². The maximum atomic E-state index is 12.5. The fraction of sp³-hybridized carbons (Fsp3) is 0.185. The first-order valence-electron chi connectivity index (χ1n) is 10.7. The molecule has 0 spiro atoms. The van der Waals surface area contributed by atoms with Gasteiger partial charge in [0.1, 0.15) is 17.1 Å². The summed E-state index contributed by atoms with van der Waals surface area (Å²) in [6.07, 6.45) is 1.26. The molecule has 6 heteroatoms. The van der Waals surface area contributed by atoms with Crippen LogP contribution in [0.3, 0.4) is 0 Å². The summed E-state index contributed by atoms with van der Waals surface area (Å²) >= 11 is 0. The molecule has 4 aromatic rings. The van der Waals surface area contributed by atoms with E-state index in [4.69, 9.17) is 9.47 Å². The molecule has 33 heavy (non-hydrogen) atoms. The first-order chi connectivity index (χ1) is 15.7. The van der Waals surface area contributed by atoms with Crippen LogP contribution >= 0.6 is 0 Å². The van der Waals surface area contributed by atoms with Gasteiger partial charge in [-0.1, -0.05) is 24.3 Å². The molecule has 0 atom stereocenters. The normalized spacial score (nSPS) is 11.3. The number of nitrogens with zero attached hydrogens (tertiary/aromatic N) is 1. The van der Waals surface area contributed by atoms with Gasteiger partial charge in [-0.25, -0.2) is 4.79 Å². The summed E-state index contributed by atoms with van der Waals surface area (Å²) in [6.45, 7) is 7.43. The molecule has 0 saturated carbocycles. The number of nitrogens with one attached hydrogen (secondary N) is 1. The Morgan fingerprint density at radius 3 is 2.30 bits per heavy atom. The van der Waals surface area contributed by atoms with Crippen LogP contribution in [0.4, 0.5) is 10.5 Å². The van der Waals surface area contributed by atoms with Crippen LogP contribution < -0.4 is 10.1 Å². The Morgan fingerprint density at radius 1 is 0.879 bits per heavy atom. The Bertz CT molecular complexity index is 1320. The van der Waals surface area contributed by atoms with E-state index >= 15 is 0 Å². The minimum atomic E-state index is -0.574. The monoisotopic (exact) mass is 442 g/mol. The lowest BCUT2D eigenvalue weighted by atomic mass is 10.1. The zero-order valence-corrected chi connectivity index (χ0v) is 19.1. The maximum Gasteiger partial charge on any atom is 0.418 e. The highest BCUT2D eigenvalue weighted by molar-refractivity contribution is 6.04. The molecule has 168 valence electrons. The molecule has 1 N–H and O–H groups in total. The van der Waals surface area contributed by atoms with Crippen molar-refractivity contribution >= 4 is 28.6 Å². The predicted molar refractivity (Wildman–Crippen MR) is 129 cm³/mol. The van der Waals surface area contributed by atoms with E-state index in [9.17, 15) is 9.59 Å². The third-order valence-electron chi connectivity index (χ3n) is 4.98. The summed E-state index contributed by atoms with van der Waals surface area (Å²) < 4.78 is 13.0. The molecule has 0 aliphatic heterocycles. The van der Waals surface area contributed by atoms with Crippen molar-refractivity contribution in [3.8, 4) is 11.5 Å². The average Bonchev–Trinajstić information content (AvgIpc) is 3.19. The Kier molecular flexibility index (Phi) is 5.92. The average molecular weight is 443 g/mol. The zero-order chi connectivity index (χ0) is 23.6. The molecule has 0 radical (unpaired) electrons. The van der Waals surface area contributed by atoms with E-state index in [2.05, 4.69) is 5.32 Å². The summed E-state index contributed by atoms with van der Waals surface area (Å²) in [4.78, 5) is 25.0. The predicted octanol–water partition coefficient (Wildman–Crippen LogP) is 6.78. The number of fused-ring (bicyclic) bond motifs is 1. The first kappa shape index (κ1) is 22.1. The van der Waals surface area contributed by atoms with E-state index in [0.29, 0.717) is 22.7 Å². The molecule has 4 rings (SSSR count). The maximum absolute atomic E-state index is 12.5. The minimum absolute atomic E-state index is 0.180. The van der Waals surface area contributed by atoms with Gasteiger partial charge in [0.25, 0.3) is 5.91 Å². The van der Waals surface area contributed by atoms with Crippen LogP contribution in [0.1, 0.15) is 36.7 Å². The number of anilines is 1. The van der Waals surface area contributed by atoms with Crippen LogP contribution in [0.5, 0.6) is 11.5 Å². The molecule has 1 heterocycles. The summed E-state index contributed by atoms with van der Waals surface area (Å²) in [6, 6.07) is 21.9. The van der Waals surface area contributed by atoms with Gasteiger partial charge in [0.2, 0.25) is 0 Å². The Labute approximate surface area is 192 Å². The summed E-state index contributed by atoms with van der Waals surface area (Å²) in [7, 11) is 0. The smallest absolute Gasteiger partial charge is 0.418 e. The lowest BCUT2D eigenvalue weighted by Crippen LogP contribution is -2.26. The molecule has 6 nitrogen and oxygen atoms in total. The summed E-state index contributed by atoms with van der Waals surface area (Å²) in [5.41, 5.74) is 2.35. The van der Waals surface area contributed by atoms with Crippen LogP contribution in [0.15, 0.2) is 79.0 Å². The van der Waals surface area contributed by atoms with Crippen molar-refractivity contribution in [3.05, 3.63) is 90.1 Å². The van der Waals surface area contributed by atoms with Gasteiger partial charge in [0.05, 0.1) is 5.52 Å².